The van der Waals surface area contributed by atoms with Crippen molar-refractivity contribution in [3.05, 3.63) is 23.7 Å². The minimum Gasteiger partial charge on any atom is -0.468 e. The molecule has 0 aliphatic heterocycles. The molecule has 2 nitrogen and oxygen atoms in total. The Hall–Kier alpha value is -0.410. The molecule has 0 saturated carbocycles. The summed E-state index contributed by atoms with van der Waals surface area (Å²) >= 11 is 1.70. The third kappa shape index (κ3) is 2.57. The fraction of sp³-hybridized carbons (Fsp3) is 0.556. The van der Waals surface area contributed by atoms with Gasteiger partial charge in [-0.1, -0.05) is 6.92 Å². The number of aliphatic hydroxyl groups excluding tert-OH is 1. The first-order chi connectivity index (χ1) is 5.74. The van der Waals surface area contributed by atoms with Crippen LogP contribution in [0.3, 0.4) is 0 Å². The smallest absolute Gasteiger partial charge is 0.116 e. The molecule has 12 heavy (non-hydrogen) atoms. The number of thioether (sulfide) groups is 1. The van der Waals surface area contributed by atoms with E-state index in [0.29, 0.717) is 0 Å². The molecule has 0 radical (unpaired) electrons. The molecule has 68 valence electrons. The molecular weight excluding hydrogens is 172 g/mol. The Bertz CT molecular complexity index is 232. The number of furan rings is 1. The first-order valence-electron chi connectivity index (χ1n) is 3.99. The van der Waals surface area contributed by atoms with E-state index in [1.807, 2.05) is 19.9 Å². The maximum absolute atomic E-state index is 8.78. The average molecular weight is 186 g/mol. The van der Waals surface area contributed by atoms with Gasteiger partial charge in [0.05, 0.1) is 18.6 Å². The van der Waals surface area contributed by atoms with Crippen molar-refractivity contribution in [3.8, 4) is 0 Å². The summed E-state index contributed by atoms with van der Waals surface area (Å²) in [7, 11) is 0. The monoisotopic (exact) mass is 186 g/mol. The fourth-order valence-electron chi connectivity index (χ4n) is 0.823. The van der Waals surface area contributed by atoms with Crippen molar-refractivity contribution >= 4 is 11.8 Å². The molecular formula is C9H14O2S. The quantitative estimate of drug-likeness (QED) is 0.782. The number of aryl methyl sites for hydroxylation is 1. The van der Waals surface area contributed by atoms with Crippen molar-refractivity contribution in [2.45, 2.75) is 24.9 Å². The maximum atomic E-state index is 8.78. The summed E-state index contributed by atoms with van der Waals surface area (Å²) in [6, 6.07) is 1.96. The van der Waals surface area contributed by atoms with Crippen LogP contribution in [0.4, 0.5) is 0 Å². The molecule has 1 heterocycles. The second-order valence-electron chi connectivity index (χ2n) is 2.83. The van der Waals surface area contributed by atoms with E-state index in [1.54, 1.807) is 18.0 Å². The minimum atomic E-state index is 0.227. The molecule has 1 N–H and O–H groups in total. The zero-order valence-corrected chi connectivity index (χ0v) is 8.23. The zero-order chi connectivity index (χ0) is 8.97. The number of rotatable bonds is 4. The van der Waals surface area contributed by atoms with E-state index < -0.39 is 0 Å². The lowest BCUT2D eigenvalue weighted by Crippen LogP contribution is -2.02. The molecule has 0 fully saturated rings. The third-order valence-electron chi connectivity index (χ3n) is 1.72. The lowest BCUT2D eigenvalue weighted by molar-refractivity contribution is 0.300. The number of hydrogen-bond acceptors (Lipinski definition) is 3. The van der Waals surface area contributed by atoms with E-state index in [0.717, 1.165) is 11.5 Å². The van der Waals surface area contributed by atoms with Crippen LogP contribution >= 0.6 is 11.8 Å². The van der Waals surface area contributed by atoms with Gasteiger partial charge >= 0.3 is 0 Å². The normalized spacial score (nSPS) is 13.2. The molecule has 0 spiro atoms. The number of aliphatic hydroxyl groups is 1. The van der Waals surface area contributed by atoms with Gasteiger partial charge < -0.3 is 9.52 Å². The van der Waals surface area contributed by atoms with Crippen LogP contribution in [0, 0.1) is 6.92 Å². The van der Waals surface area contributed by atoms with Crippen LogP contribution in [-0.4, -0.2) is 17.0 Å². The summed E-state index contributed by atoms with van der Waals surface area (Å²) in [5, 5.41) is 9.07. The van der Waals surface area contributed by atoms with Crippen molar-refractivity contribution in [2.24, 2.45) is 0 Å². The van der Waals surface area contributed by atoms with Gasteiger partial charge in [0.15, 0.2) is 0 Å². The first-order valence-corrected chi connectivity index (χ1v) is 5.04. The second-order valence-corrected chi connectivity index (χ2v) is 4.26. The van der Waals surface area contributed by atoms with Crippen molar-refractivity contribution in [2.75, 3.05) is 6.61 Å². The minimum absolute atomic E-state index is 0.227. The van der Waals surface area contributed by atoms with E-state index in [9.17, 15) is 0 Å². The predicted molar refractivity (Wildman–Crippen MR) is 51.3 cm³/mol. The Morgan fingerprint density at radius 3 is 2.92 bits per heavy atom. The molecule has 1 unspecified atom stereocenters. The van der Waals surface area contributed by atoms with Gasteiger partial charge in [-0.15, -0.1) is 11.8 Å². The molecule has 1 aromatic heterocycles. The molecule has 0 aliphatic rings. The van der Waals surface area contributed by atoms with Gasteiger partial charge in [0.2, 0.25) is 0 Å². The van der Waals surface area contributed by atoms with E-state index in [4.69, 9.17) is 9.52 Å². The maximum Gasteiger partial charge on any atom is 0.116 e. The Labute approximate surface area is 77.0 Å². The fourth-order valence-corrected chi connectivity index (χ4v) is 1.66. The molecule has 3 heteroatoms. The predicted octanol–water partition coefficient (Wildman–Crippen LogP) is 2.20. The zero-order valence-electron chi connectivity index (χ0n) is 7.41. The summed E-state index contributed by atoms with van der Waals surface area (Å²) in [5.74, 6) is 1.86. The molecule has 0 saturated heterocycles. The van der Waals surface area contributed by atoms with E-state index in [-0.39, 0.29) is 11.9 Å². The average Bonchev–Trinajstić information content (AvgIpc) is 2.47. The lowest BCUT2D eigenvalue weighted by Gasteiger charge is -2.05. The second kappa shape index (κ2) is 4.58. The highest BCUT2D eigenvalue weighted by Gasteiger charge is 2.05. The summed E-state index contributed by atoms with van der Waals surface area (Å²) in [6.07, 6.45) is 1.70. The standard InChI is InChI=1S/C9H14O2S/c1-7-3-4-11-9(7)6-12-8(2)5-10/h3-4,8,10H,5-6H2,1-2H3. The topological polar surface area (TPSA) is 33.4 Å². The molecule has 0 amide bonds. The van der Waals surface area contributed by atoms with Crippen molar-refractivity contribution < 1.29 is 9.52 Å². The van der Waals surface area contributed by atoms with Crippen molar-refractivity contribution in [3.63, 3.8) is 0 Å². The van der Waals surface area contributed by atoms with Gasteiger partial charge in [0, 0.05) is 5.25 Å². The molecule has 0 aromatic carbocycles. The Kier molecular flexibility index (Phi) is 3.69. The molecule has 0 aliphatic carbocycles. The van der Waals surface area contributed by atoms with Crippen LogP contribution in [0.2, 0.25) is 0 Å². The molecule has 0 bridgehead atoms. The van der Waals surface area contributed by atoms with E-state index in [1.165, 1.54) is 5.56 Å². The molecule has 1 atom stereocenters. The van der Waals surface area contributed by atoms with Gasteiger partial charge in [-0.25, -0.2) is 0 Å². The summed E-state index contributed by atoms with van der Waals surface area (Å²) in [6.45, 7) is 4.26. The highest BCUT2D eigenvalue weighted by Crippen LogP contribution is 2.20. The molecule has 1 rings (SSSR count). The Balaban J connectivity index is 2.38. The van der Waals surface area contributed by atoms with Gasteiger partial charge in [0.25, 0.3) is 0 Å². The van der Waals surface area contributed by atoms with Crippen LogP contribution in [0.15, 0.2) is 16.7 Å². The SMILES string of the molecule is Cc1ccoc1CSC(C)CO. The van der Waals surface area contributed by atoms with Crippen LogP contribution in [0.5, 0.6) is 0 Å². The van der Waals surface area contributed by atoms with Crippen LogP contribution < -0.4 is 0 Å². The molecule has 1 aromatic rings. The first kappa shape index (κ1) is 9.68. The Morgan fingerprint density at radius 1 is 1.67 bits per heavy atom. The van der Waals surface area contributed by atoms with Gasteiger partial charge in [-0.2, -0.15) is 0 Å². The largest absolute Gasteiger partial charge is 0.468 e. The van der Waals surface area contributed by atoms with E-state index in [2.05, 4.69) is 0 Å². The summed E-state index contributed by atoms with van der Waals surface area (Å²) in [5.41, 5.74) is 1.19. The van der Waals surface area contributed by atoms with Crippen molar-refractivity contribution in [1.29, 1.82) is 0 Å². The summed E-state index contributed by atoms with van der Waals surface area (Å²) in [4.78, 5) is 0. The highest BCUT2D eigenvalue weighted by molar-refractivity contribution is 7.99. The van der Waals surface area contributed by atoms with Crippen LogP contribution in [0.1, 0.15) is 18.2 Å². The lowest BCUT2D eigenvalue weighted by atomic mass is 10.3. The Morgan fingerprint density at radius 2 is 2.42 bits per heavy atom. The highest BCUT2D eigenvalue weighted by atomic mass is 32.2. The third-order valence-corrected chi connectivity index (χ3v) is 2.87. The van der Waals surface area contributed by atoms with Gasteiger partial charge in [0.1, 0.15) is 5.76 Å². The number of hydrogen-bond donors (Lipinski definition) is 1. The van der Waals surface area contributed by atoms with Gasteiger partial charge in [-0.3, -0.25) is 0 Å². The van der Waals surface area contributed by atoms with Crippen LogP contribution in [0.25, 0.3) is 0 Å². The van der Waals surface area contributed by atoms with E-state index >= 15 is 0 Å². The summed E-state index contributed by atoms with van der Waals surface area (Å²) < 4.78 is 5.26. The van der Waals surface area contributed by atoms with Crippen LogP contribution in [-0.2, 0) is 5.75 Å². The van der Waals surface area contributed by atoms with Gasteiger partial charge in [-0.05, 0) is 18.6 Å². The van der Waals surface area contributed by atoms with Crippen molar-refractivity contribution in [1.82, 2.24) is 0 Å².